The number of carbonyl (C=O) groups is 1. The molecule has 138 valence electrons. The van der Waals surface area contributed by atoms with Crippen molar-refractivity contribution in [1.29, 1.82) is 0 Å². The van der Waals surface area contributed by atoms with Crippen molar-refractivity contribution in [2.45, 2.75) is 64.0 Å². The highest BCUT2D eigenvalue weighted by atomic mass is 16.3. The summed E-state index contributed by atoms with van der Waals surface area (Å²) < 4.78 is 0. The Morgan fingerprint density at radius 3 is 2.84 bits per heavy atom. The quantitative estimate of drug-likeness (QED) is 0.912. The van der Waals surface area contributed by atoms with E-state index in [1.165, 1.54) is 11.1 Å². The fourth-order valence-corrected chi connectivity index (χ4v) is 4.88. The van der Waals surface area contributed by atoms with Crippen molar-refractivity contribution in [2.75, 3.05) is 20.6 Å². The Hall–Kier alpha value is -1.55. The highest BCUT2D eigenvalue weighted by molar-refractivity contribution is 5.76. The molecule has 0 unspecified atom stereocenters. The standard InChI is InChI=1S/C21H32N2O2/c1-14(2)6-9-19(25)23(5)20-18-12-15-7-8-16(24)13-17(15)21(20,3)10-11-22(18)4/h7-8,13-14,18,20,24H,6,9-12H2,1-5H3/t18-,20+,21-/m1/s1. The SMILES string of the molecule is CC(C)CCC(=O)N(C)[C@H]1[C@H]2Cc3ccc(O)cc3[C@@]1(C)CCN2C. The number of hydrogen-bond acceptors (Lipinski definition) is 3. The number of benzene rings is 1. The Balaban J connectivity index is 1.96. The highest BCUT2D eigenvalue weighted by Crippen LogP contribution is 2.47. The molecule has 3 rings (SSSR count). The van der Waals surface area contributed by atoms with Gasteiger partial charge in [0.15, 0.2) is 0 Å². The molecule has 2 aliphatic rings. The van der Waals surface area contributed by atoms with E-state index in [1.807, 2.05) is 18.0 Å². The second-order valence-corrected chi connectivity index (χ2v) is 8.64. The molecule has 0 radical (unpaired) electrons. The lowest BCUT2D eigenvalue weighted by molar-refractivity contribution is -0.137. The molecule has 1 aromatic carbocycles. The number of hydrogen-bond donors (Lipinski definition) is 1. The third-order valence-corrected chi connectivity index (χ3v) is 6.45. The van der Waals surface area contributed by atoms with Gasteiger partial charge >= 0.3 is 0 Å². The molecule has 25 heavy (non-hydrogen) atoms. The fourth-order valence-electron chi connectivity index (χ4n) is 4.88. The molecule has 2 bridgehead atoms. The number of amides is 1. The maximum atomic E-state index is 12.9. The second-order valence-electron chi connectivity index (χ2n) is 8.64. The molecule has 1 amide bonds. The van der Waals surface area contributed by atoms with Crippen LogP contribution in [0.5, 0.6) is 5.75 Å². The van der Waals surface area contributed by atoms with Gasteiger partial charge in [-0.2, -0.15) is 0 Å². The van der Waals surface area contributed by atoms with E-state index in [2.05, 4.69) is 38.8 Å². The zero-order valence-electron chi connectivity index (χ0n) is 16.2. The molecular formula is C21H32N2O2. The lowest BCUT2D eigenvalue weighted by atomic mass is 9.61. The van der Waals surface area contributed by atoms with Gasteiger partial charge < -0.3 is 14.9 Å². The van der Waals surface area contributed by atoms with E-state index >= 15 is 0 Å². The van der Waals surface area contributed by atoms with Crippen LogP contribution in [0.4, 0.5) is 0 Å². The molecule has 1 aliphatic heterocycles. The minimum absolute atomic E-state index is 0.105. The topological polar surface area (TPSA) is 43.8 Å². The van der Waals surface area contributed by atoms with Gasteiger partial charge in [-0.1, -0.05) is 26.8 Å². The number of phenols is 1. The summed E-state index contributed by atoms with van der Waals surface area (Å²) >= 11 is 0. The zero-order chi connectivity index (χ0) is 18.4. The normalized spacial score (nSPS) is 28.7. The van der Waals surface area contributed by atoms with Crippen molar-refractivity contribution in [3.63, 3.8) is 0 Å². The summed E-state index contributed by atoms with van der Waals surface area (Å²) in [7, 11) is 4.15. The van der Waals surface area contributed by atoms with Crippen LogP contribution >= 0.6 is 0 Å². The minimum Gasteiger partial charge on any atom is -0.508 e. The molecule has 0 aromatic heterocycles. The lowest BCUT2D eigenvalue weighted by Gasteiger charge is -2.57. The Morgan fingerprint density at radius 2 is 2.16 bits per heavy atom. The van der Waals surface area contributed by atoms with E-state index in [0.717, 1.165) is 25.8 Å². The lowest BCUT2D eigenvalue weighted by Crippen LogP contribution is -2.67. The number of rotatable bonds is 4. The van der Waals surface area contributed by atoms with Crippen LogP contribution < -0.4 is 0 Å². The average molecular weight is 344 g/mol. The molecule has 4 heteroatoms. The van der Waals surface area contributed by atoms with E-state index in [0.29, 0.717) is 24.1 Å². The van der Waals surface area contributed by atoms with Crippen LogP contribution in [0, 0.1) is 5.92 Å². The molecule has 1 fully saturated rings. The van der Waals surface area contributed by atoms with Crippen molar-refractivity contribution in [3.05, 3.63) is 29.3 Å². The summed E-state index contributed by atoms with van der Waals surface area (Å²) in [6.07, 6.45) is 3.49. The first-order valence-electron chi connectivity index (χ1n) is 9.52. The van der Waals surface area contributed by atoms with E-state index in [-0.39, 0.29) is 17.4 Å². The van der Waals surface area contributed by atoms with Gasteiger partial charge in [-0.05, 0) is 62.0 Å². The fraction of sp³-hybridized carbons (Fsp3) is 0.667. The summed E-state index contributed by atoms with van der Waals surface area (Å²) in [5.74, 6) is 1.11. The maximum absolute atomic E-state index is 12.9. The van der Waals surface area contributed by atoms with Crippen molar-refractivity contribution >= 4 is 5.91 Å². The predicted octanol–water partition coefficient (Wildman–Crippen LogP) is 3.17. The van der Waals surface area contributed by atoms with E-state index in [1.54, 1.807) is 6.07 Å². The first-order chi connectivity index (χ1) is 11.7. The molecule has 1 saturated heterocycles. The number of phenolic OH excluding ortho intramolecular Hbond substituents is 1. The van der Waals surface area contributed by atoms with E-state index in [4.69, 9.17) is 0 Å². The third-order valence-electron chi connectivity index (χ3n) is 6.45. The van der Waals surface area contributed by atoms with Crippen LogP contribution in [-0.2, 0) is 16.6 Å². The van der Waals surface area contributed by atoms with E-state index in [9.17, 15) is 9.90 Å². The van der Waals surface area contributed by atoms with Gasteiger partial charge in [-0.25, -0.2) is 0 Å². The van der Waals surface area contributed by atoms with Crippen molar-refractivity contribution in [1.82, 2.24) is 9.80 Å². The Labute approximate surface area is 151 Å². The van der Waals surface area contributed by atoms with Crippen LogP contribution in [0.2, 0.25) is 0 Å². The average Bonchev–Trinajstić information content (AvgIpc) is 2.56. The summed E-state index contributed by atoms with van der Waals surface area (Å²) in [5.41, 5.74) is 2.44. The first kappa shape index (κ1) is 18.2. The molecule has 1 heterocycles. The molecule has 1 aromatic rings. The largest absolute Gasteiger partial charge is 0.508 e. The van der Waals surface area contributed by atoms with Gasteiger partial charge in [0.05, 0.1) is 6.04 Å². The van der Waals surface area contributed by atoms with E-state index < -0.39 is 0 Å². The Kier molecular flexibility index (Phi) is 4.84. The minimum atomic E-state index is -0.105. The van der Waals surface area contributed by atoms with Crippen LogP contribution in [0.15, 0.2) is 18.2 Å². The molecular weight excluding hydrogens is 312 g/mol. The third kappa shape index (κ3) is 3.17. The van der Waals surface area contributed by atoms with Crippen LogP contribution in [-0.4, -0.2) is 53.5 Å². The number of piperidine rings is 1. The Morgan fingerprint density at radius 1 is 1.44 bits per heavy atom. The van der Waals surface area contributed by atoms with Crippen molar-refractivity contribution in [3.8, 4) is 5.75 Å². The Bertz CT molecular complexity index is 657. The highest BCUT2D eigenvalue weighted by Gasteiger charge is 2.52. The zero-order valence-corrected chi connectivity index (χ0v) is 16.2. The van der Waals surface area contributed by atoms with Crippen molar-refractivity contribution < 1.29 is 9.90 Å². The molecule has 0 saturated carbocycles. The maximum Gasteiger partial charge on any atom is 0.222 e. The smallest absolute Gasteiger partial charge is 0.222 e. The first-order valence-corrected chi connectivity index (χ1v) is 9.52. The summed E-state index contributed by atoms with van der Waals surface area (Å²) in [4.78, 5) is 17.3. The van der Waals surface area contributed by atoms with Crippen LogP contribution in [0.1, 0.15) is 51.2 Å². The summed E-state index contributed by atoms with van der Waals surface area (Å²) in [6.45, 7) is 7.63. The van der Waals surface area contributed by atoms with Crippen LogP contribution in [0.3, 0.4) is 0 Å². The summed E-state index contributed by atoms with van der Waals surface area (Å²) in [6, 6.07) is 6.27. The van der Waals surface area contributed by atoms with Gasteiger partial charge in [-0.15, -0.1) is 0 Å². The van der Waals surface area contributed by atoms with Crippen molar-refractivity contribution in [2.24, 2.45) is 5.92 Å². The van der Waals surface area contributed by atoms with Crippen LogP contribution in [0.25, 0.3) is 0 Å². The molecule has 3 atom stereocenters. The number of fused-ring (bicyclic) bond motifs is 4. The monoisotopic (exact) mass is 344 g/mol. The van der Waals surface area contributed by atoms with Gasteiger partial charge in [0.2, 0.25) is 5.91 Å². The molecule has 1 N–H and O–H groups in total. The number of aromatic hydroxyl groups is 1. The second kappa shape index (κ2) is 6.64. The summed E-state index contributed by atoms with van der Waals surface area (Å²) in [5, 5.41) is 10.0. The molecule has 0 spiro atoms. The number of nitrogens with zero attached hydrogens (tertiary/aromatic N) is 2. The van der Waals surface area contributed by atoms with Gasteiger partial charge in [0.25, 0.3) is 0 Å². The molecule has 1 aliphatic carbocycles. The number of likely N-dealkylation sites (tertiary alicyclic amines) is 1. The number of carbonyl (C=O) groups excluding carboxylic acids is 1. The number of likely N-dealkylation sites (N-methyl/N-ethyl adjacent to an activating group) is 2. The van der Waals surface area contributed by atoms with Gasteiger partial charge in [-0.3, -0.25) is 4.79 Å². The molecule has 4 nitrogen and oxygen atoms in total. The predicted molar refractivity (Wildman–Crippen MR) is 101 cm³/mol. The van der Waals surface area contributed by atoms with Gasteiger partial charge in [0, 0.05) is 24.9 Å². The van der Waals surface area contributed by atoms with Gasteiger partial charge in [0.1, 0.15) is 5.75 Å².